The highest BCUT2D eigenvalue weighted by Crippen LogP contribution is 2.61. The zero-order chi connectivity index (χ0) is 32.8. The number of fused-ring (bicyclic) bond motifs is 1. The van der Waals surface area contributed by atoms with Gasteiger partial charge >= 0.3 is 11.4 Å². The summed E-state index contributed by atoms with van der Waals surface area (Å²) >= 11 is 3.71. The Kier molecular flexibility index (Phi) is 7.18. The third-order valence-electron chi connectivity index (χ3n) is 11.5. The SMILES string of the molecule is CN1CCN(c2cc3c(cc2N=Cc2c(O)n(-c4ccc(C56CC7CC(CC(C7)C5)C6)cc4Br)c(=O)[nH]c2=O)n(C)c(=O)n3C)CC1. The molecule has 0 spiro atoms. The summed E-state index contributed by atoms with van der Waals surface area (Å²) in [4.78, 5) is 50.6. The van der Waals surface area contributed by atoms with E-state index in [0.717, 1.165) is 59.7 Å². The van der Waals surface area contributed by atoms with E-state index in [9.17, 15) is 19.5 Å². The fourth-order valence-electron chi connectivity index (χ4n) is 9.42. The molecule has 0 amide bonds. The van der Waals surface area contributed by atoms with Crippen LogP contribution in [0.2, 0.25) is 0 Å². The van der Waals surface area contributed by atoms with Crippen molar-refractivity contribution in [1.29, 1.82) is 0 Å². The highest BCUT2D eigenvalue weighted by molar-refractivity contribution is 9.10. The lowest BCUT2D eigenvalue weighted by atomic mass is 9.48. The van der Waals surface area contributed by atoms with Gasteiger partial charge in [-0.15, -0.1) is 0 Å². The topological polar surface area (TPSA) is 121 Å². The van der Waals surface area contributed by atoms with Gasteiger partial charge in [0, 0.05) is 51.0 Å². The molecule has 4 saturated carbocycles. The van der Waals surface area contributed by atoms with Crippen molar-refractivity contribution in [3.63, 3.8) is 0 Å². The minimum atomic E-state index is -0.733. The van der Waals surface area contributed by atoms with Crippen LogP contribution in [-0.2, 0) is 19.5 Å². The van der Waals surface area contributed by atoms with Gasteiger partial charge in [0.05, 0.1) is 28.1 Å². The summed E-state index contributed by atoms with van der Waals surface area (Å²) in [6.07, 6.45) is 9.04. The smallest absolute Gasteiger partial charge is 0.335 e. The van der Waals surface area contributed by atoms with Crippen LogP contribution in [0.5, 0.6) is 5.88 Å². The van der Waals surface area contributed by atoms with Gasteiger partial charge in [-0.1, -0.05) is 6.07 Å². The largest absolute Gasteiger partial charge is 0.493 e. The summed E-state index contributed by atoms with van der Waals surface area (Å²) in [5.41, 5.74) is 3.04. The number of benzene rings is 2. The van der Waals surface area contributed by atoms with Crippen LogP contribution < -0.4 is 21.8 Å². The number of piperazine rings is 1. The molecule has 4 aliphatic carbocycles. The maximum Gasteiger partial charge on any atom is 0.335 e. The molecule has 2 N–H and O–H groups in total. The van der Waals surface area contributed by atoms with E-state index in [4.69, 9.17) is 4.99 Å². The van der Waals surface area contributed by atoms with Crippen molar-refractivity contribution in [2.24, 2.45) is 36.8 Å². The number of hydrogen-bond acceptors (Lipinski definition) is 7. The summed E-state index contributed by atoms with van der Waals surface area (Å²) in [5.74, 6) is 1.92. The minimum Gasteiger partial charge on any atom is -0.493 e. The molecule has 2 aromatic heterocycles. The minimum absolute atomic E-state index is 0.131. The van der Waals surface area contributed by atoms with Gasteiger partial charge < -0.3 is 14.9 Å². The molecule has 2 aromatic carbocycles. The van der Waals surface area contributed by atoms with Gasteiger partial charge in [0.15, 0.2) is 0 Å². The molecule has 5 aliphatic rings. The lowest BCUT2D eigenvalue weighted by molar-refractivity contribution is -0.00521. The number of imidazole rings is 1. The van der Waals surface area contributed by atoms with Crippen LogP contribution in [0, 0.1) is 17.8 Å². The molecule has 12 heteroatoms. The number of aromatic nitrogens is 4. The molecule has 4 bridgehead atoms. The van der Waals surface area contributed by atoms with Crippen molar-refractivity contribution in [1.82, 2.24) is 23.6 Å². The number of aryl methyl sites for hydroxylation is 2. The van der Waals surface area contributed by atoms with Crippen molar-refractivity contribution >= 4 is 44.6 Å². The fraction of sp³-hybridized carbons (Fsp3) is 0.486. The van der Waals surface area contributed by atoms with Crippen LogP contribution in [0.3, 0.4) is 0 Å². The average molecular weight is 703 g/mol. The number of aromatic hydroxyl groups is 1. The normalized spacial score (nSPS) is 25.9. The summed E-state index contributed by atoms with van der Waals surface area (Å²) in [6, 6.07) is 9.87. The Hall–Kier alpha value is -3.90. The Morgan fingerprint density at radius 1 is 0.872 bits per heavy atom. The van der Waals surface area contributed by atoms with Crippen LogP contribution in [0.25, 0.3) is 16.7 Å². The zero-order valence-corrected chi connectivity index (χ0v) is 28.6. The van der Waals surface area contributed by atoms with Crippen molar-refractivity contribution in [2.45, 2.75) is 43.9 Å². The Morgan fingerprint density at radius 3 is 2.11 bits per heavy atom. The van der Waals surface area contributed by atoms with Crippen molar-refractivity contribution in [3.8, 4) is 11.6 Å². The Bertz CT molecular complexity index is 2100. The first kappa shape index (κ1) is 30.4. The number of likely N-dealkylation sites (N-methyl/N-ethyl adjacent to an activating group) is 1. The van der Waals surface area contributed by atoms with E-state index in [1.54, 1.807) is 23.2 Å². The van der Waals surface area contributed by atoms with Gasteiger partial charge in [-0.2, -0.15) is 0 Å². The number of aliphatic imine (C=N–C) groups is 1. The monoisotopic (exact) mass is 701 g/mol. The zero-order valence-electron chi connectivity index (χ0n) is 27.0. The third-order valence-corrected chi connectivity index (χ3v) is 12.1. The van der Waals surface area contributed by atoms with E-state index in [2.05, 4.69) is 49.9 Å². The first-order valence-electron chi connectivity index (χ1n) is 16.6. The Morgan fingerprint density at radius 2 is 1.49 bits per heavy atom. The Labute approximate surface area is 280 Å². The number of aromatic amines is 1. The van der Waals surface area contributed by atoms with Gasteiger partial charge in [-0.25, -0.2) is 14.2 Å². The quantitative estimate of drug-likeness (QED) is 0.302. The first-order chi connectivity index (χ1) is 22.5. The van der Waals surface area contributed by atoms with E-state index in [-0.39, 0.29) is 16.7 Å². The molecule has 3 heterocycles. The number of nitrogens with zero attached hydrogens (tertiary/aromatic N) is 6. The van der Waals surface area contributed by atoms with E-state index < -0.39 is 17.1 Å². The molecule has 1 saturated heterocycles. The molecular formula is C35H40BrN7O4. The van der Waals surface area contributed by atoms with E-state index in [0.29, 0.717) is 21.4 Å². The number of nitrogens with one attached hydrogen (secondary N) is 1. The highest BCUT2D eigenvalue weighted by atomic mass is 79.9. The molecule has 0 radical (unpaired) electrons. The summed E-state index contributed by atoms with van der Waals surface area (Å²) < 4.78 is 4.99. The molecular weight excluding hydrogens is 662 g/mol. The second-order valence-electron chi connectivity index (χ2n) is 14.5. The molecule has 1 aliphatic heterocycles. The molecule has 5 fully saturated rings. The van der Waals surface area contributed by atoms with Crippen molar-refractivity contribution in [2.75, 3.05) is 38.1 Å². The second kappa shape index (κ2) is 11.1. The number of halogens is 1. The molecule has 0 atom stereocenters. The van der Waals surface area contributed by atoms with Gasteiger partial charge in [0.2, 0.25) is 5.88 Å². The summed E-state index contributed by atoms with van der Waals surface area (Å²) in [6.45, 7) is 3.29. The number of rotatable bonds is 5. The highest BCUT2D eigenvalue weighted by Gasteiger charge is 2.51. The molecule has 0 unspecified atom stereocenters. The van der Waals surface area contributed by atoms with E-state index in [1.807, 2.05) is 18.2 Å². The molecule has 4 aromatic rings. The molecule has 11 nitrogen and oxygen atoms in total. The van der Waals surface area contributed by atoms with Crippen molar-refractivity contribution in [3.05, 3.63) is 77.3 Å². The average Bonchev–Trinajstić information content (AvgIpc) is 3.23. The Balaban J connectivity index is 1.19. The molecule has 246 valence electrons. The predicted octanol–water partition coefficient (Wildman–Crippen LogP) is 4.15. The number of H-pyrrole nitrogens is 1. The second-order valence-corrected chi connectivity index (χ2v) is 15.3. The maximum absolute atomic E-state index is 13.2. The lowest BCUT2D eigenvalue weighted by Gasteiger charge is -2.57. The van der Waals surface area contributed by atoms with Crippen LogP contribution in [-0.4, -0.2) is 68.1 Å². The van der Waals surface area contributed by atoms with E-state index in [1.165, 1.54) is 50.3 Å². The van der Waals surface area contributed by atoms with Crippen LogP contribution in [0.4, 0.5) is 11.4 Å². The van der Waals surface area contributed by atoms with Crippen molar-refractivity contribution < 1.29 is 5.11 Å². The van der Waals surface area contributed by atoms with Crippen LogP contribution in [0.1, 0.15) is 49.7 Å². The molecule has 9 rings (SSSR count). The number of hydrogen-bond donors (Lipinski definition) is 2. The standard InChI is InChI=1S/C35H40BrN7O4/c1-39-6-8-42(9-7-39)28-15-30-29(40(2)34(47)41(30)3)14-26(28)37-19-24-31(44)38-33(46)43(32(24)45)27-5-4-23(13-25(27)36)35-16-20-10-21(17-35)12-22(11-20)18-35/h4-5,13-15,19-22,45H,6-12,16-18H2,1-3H3,(H,38,44,46). The van der Waals surface area contributed by atoms with Gasteiger partial charge in [-0.05, 0) is 115 Å². The molecule has 47 heavy (non-hydrogen) atoms. The van der Waals surface area contributed by atoms with Crippen LogP contribution in [0.15, 0.2) is 54.2 Å². The fourth-order valence-corrected chi connectivity index (χ4v) is 9.98. The van der Waals surface area contributed by atoms with Crippen LogP contribution >= 0.6 is 15.9 Å². The maximum atomic E-state index is 13.2. The lowest BCUT2D eigenvalue weighted by Crippen LogP contribution is -2.48. The van der Waals surface area contributed by atoms with Gasteiger partial charge in [0.1, 0.15) is 5.56 Å². The summed E-state index contributed by atoms with van der Waals surface area (Å²) in [7, 11) is 5.54. The first-order valence-corrected chi connectivity index (χ1v) is 17.4. The van der Waals surface area contributed by atoms with E-state index >= 15 is 0 Å². The third kappa shape index (κ3) is 4.94. The number of anilines is 1. The predicted molar refractivity (Wildman–Crippen MR) is 187 cm³/mol. The van der Waals surface area contributed by atoms with Gasteiger partial charge in [-0.3, -0.25) is 23.9 Å². The van der Waals surface area contributed by atoms with Gasteiger partial charge in [0.25, 0.3) is 5.56 Å². The summed E-state index contributed by atoms with van der Waals surface area (Å²) in [5, 5.41) is 11.5.